The van der Waals surface area contributed by atoms with Crippen LogP contribution in [0.25, 0.3) is 0 Å². The number of esters is 1. The molecule has 1 aromatic carbocycles. The second-order valence-corrected chi connectivity index (χ2v) is 4.74. The maximum absolute atomic E-state index is 11.5. The third-order valence-corrected chi connectivity index (χ3v) is 3.27. The lowest BCUT2D eigenvalue weighted by molar-refractivity contribution is -0.142. The average Bonchev–Trinajstić information content (AvgIpc) is 2.83. The molecule has 0 saturated carbocycles. The summed E-state index contributed by atoms with van der Waals surface area (Å²) < 4.78 is 5.19. The Kier molecular flexibility index (Phi) is 4.33. The van der Waals surface area contributed by atoms with Crippen LogP contribution in [-0.4, -0.2) is 12.6 Å². The Balaban J connectivity index is 1.70. The Morgan fingerprint density at radius 3 is 2.65 bits per heavy atom. The quantitative estimate of drug-likeness (QED) is 0.758. The van der Waals surface area contributed by atoms with Crippen LogP contribution in [0.5, 0.6) is 0 Å². The predicted molar refractivity (Wildman–Crippen MR) is 69.1 cm³/mol. The summed E-state index contributed by atoms with van der Waals surface area (Å²) in [6.07, 6.45) is 1.16. The van der Waals surface area contributed by atoms with Gasteiger partial charge in [0.15, 0.2) is 0 Å². The van der Waals surface area contributed by atoms with Crippen LogP contribution in [0, 0.1) is 0 Å². The van der Waals surface area contributed by atoms with Crippen LogP contribution in [-0.2, 0) is 22.4 Å². The molecule has 0 aliphatic rings. The van der Waals surface area contributed by atoms with Gasteiger partial charge >= 0.3 is 5.97 Å². The SMILES string of the molecule is O=C(Cc1cccs1)OCCc1ccccc1. The lowest BCUT2D eigenvalue weighted by Gasteiger charge is -2.03. The van der Waals surface area contributed by atoms with Gasteiger partial charge in [0.05, 0.1) is 13.0 Å². The minimum atomic E-state index is -0.150. The Hall–Kier alpha value is -1.61. The summed E-state index contributed by atoms with van der Waals surface area (Å²) in [6.45, 7) is 0.453. The minimum absolute atomic E-state index is 0.150. The van der Waals surface area contributed by atoms with Crippen LogP contribution < -0.4 is 0 Å². The number of rotatable bonds is 5. The smallest absolute Gasteiger partial charge is 0.311 e. The molecule has 2 nitrogen and oxygen atoms in total. The molecule has 0 saturated heterocycles. The summed E-state index contributed by atoms with van der Waals surface area (Å²) in [7, 11) is 0. The van der Waals surface area contributed by atoms with Gasteiger partial charge in [-0.1, -0.05) is 36.4 Å². The third kappa shape index (κ3) is 4.04. The van der Waals surface area contributed by atoms with Crippen molar-refractivity contribution in [2.24, 2.45) is 0 Å². The largest absolute Gasteiger partial charge is 0.465 e. The van der Waals surface area contributed by atoms with Gasteiger partial charge in [0.2, 0.25) is 0 Å². The molecule has 0 spiro atoms. The fourth-order valence-electron chi connectivity index (χ4n) is 1.53. The normalized spacial score (nSPS) is 10.1. The molecule has 0 atom stereocenters. The van der Waals surface area contributed by atoms with Crippen molar-refractivity contribution in [3.8, 4) is 0 Å². The van der Waals surface area contributed by atoms with Crippen LogP contribution in [0.15, 0.2) is 47.8 Å². The van der Waals surface area contributed by atoms with Crippen LogP contribution in [0.2, 0.25) is 0 Å². The van der Waals surface area contributed by atoms with Gasteiger partial charge in [-0.3, -0.25) is 4.79 Å². The predicted octanol–water partition coefficient (Wildman–Crippen LogP) is 3.08. The molecular formula is C14H14O2S. The fraction of sp³-hybridized carbons (Fsp3) is 0.214. The summed E-state index contributed by atoms with van der Waals surface area (Å²) in [4.78, 5) is 12.5. The number of ether oxygens (including phenoxy) is 1. The van der Waals surface area contributed by atoms with E-state index in [4.69, 9.17) is 4.74 Å². The molecule has 0 N–H and O–H groups in total. The Morgan fingerprint density at radius 2 is 1.94 bits per heavy atom. The van der Waals surface area contributed by atoms with Gasteiger partial charge in [-0.25, -0.2) is 0 Å². The summed E-state index contributed by atoms with van der Waals surface area (Å²) in [5.41, 5.74) is 1.19. The molecule has 1 aromatic heterocycles. The molecule has 2 aromatic rings. The average molecular weight is 246 g/mol. The second kappa shape index (κ2) is 6.21. The summed E-state index contributed by atoms with van der Waals surface area (Å²) in [5.74, 6) is -0.150. The van der Waals surface area contributed by atoms with E-state index in [-0.39, 0.29) is 5.97 Å². The van der Waals surface area contributed by atoms with Crippen molar-refractivity contribution in [3.63, 3.8) is 0 Å². The first-order chi connectivity index (χ1) is 8.34. The van der Waals surface area contributed by atoms with E-state index in [2.05, 4.69) is 0 Å². The summed E-state index contributed by atoms with van der Waals surface area (Å²) in [6, 6.07) is 13.9. The van der Waals surface area contributed by atoms with Crippen LogP contribution >= 0.6 is 11.3 Å². The van der Waals surface area contributed by atoms with Gasteiger partial charge in [-0.2, -0.15) is 0 Å². The molecule has 17 heavy (non-hydrogen) atoms. The molecule has 0 amide bonds. The van der Waals surface area contributed by atoms with Crippen molar-refractivity contribution < 1.29 is 9.53 Å². The van der Waals surface area contributed by atoms with Crippen LogP contribution in [0.4, 0.5) is 0 Å². The third-order valence-electron chi connectivity index (χ3n) is 2.40. The van der Waals surface area contributed by atoms with E-state index in [1.54, 1.807) is 11.3 Å². The second-order valence-electron chi connectivity index (χ2n) is 3.71. The van der Waals surface area contributed by atoms with Gasteiger partial charge in [0.25, 0.3) is 0 Å². The van der Waals surface area contributed by atoms with Crippen molar-refractivity contribution in [3.05, 3.63) is 58.3 Å². The first kappa shape index (κ1) is 11.9. The number of hydrogen-bond acceptors (Lipinski definition) is 3. The number of thiophene rings is 1. The minimum Gasteiger partial charge on any atom is -0.465 e. The fourth-order valence-corrected chi connectivity index (χ4v) is 2.22. The number of benzene rings is 1. The molecule has 3 heteroatoms. The lowest BCUT2D eigenvalue weighted by atomic mass is 10.2. The van der Waals surface area contributed by atoms with Crippen molar-refractivity contribution >= 4 is 17.3 Å². The highest BCUT2D eigenvalue weighted by molar-refractivity contribution is 7.10. The molecule has 0 radical (unpaired) electrons. The van der Waals surface area contributed by atoms with E-state index in [1.165, 1.54) is 5.56 Å². The molecule has 1 heterocycles. The molecular weight excluding hydrogens is 232 g/mol. The monoisotopic (exact) mass is 246 g/mol. The van der Waals surface area contributed by atoms with E-state index < -0.39 is 0 Å². The van der Waals surface area contributed by atoms with Gasteiger partial charge in [0.1, 0.15) is 0 Å². The zero-order valence-electron chi connectivity index (χ0n) is 9.46. The highest BCUT2D eigenvalue weighted by Gasteiger charge is 2.05. The molecule has 0 unspecified atom stereocenters. The topological polar surface area (TPSA) is 26.3 Å². The molecule has 0 fully saturated rings. The molecule has 88 valence electrons. The first-order valence-corrected chi connectivity index (χ1v) is 6.44. The van der Waals surface area contributed by atoms with Crippen molar-refractivity contribution in [2.45, 2.75) is 12.8 Å². The van der Waals surface area contributed by atoms with Gasteiger partial charge in [-0.15, -0.1) is 11.3 Å². The van der Waals surface area contributed by atoms with E-state index >= 15 is 0 Å². The summed E-state index contributed by atoms with van der Waals surface area (Å²) in [5, 5.41) is 1.96. The van der Waals surface area contributed by atoms with E-state index in [0.29, 0.717) is 13.0 Å². The lowest BCUT2D eigenvalue weighted by Crippen LogP contribution is -2.09. The standard InChI is InChI=1S/C14H14O2S/c15-14(11-13-7-4-10-17-13)16-9-8-12-5-2-1-3-6-12/h1-7,10H,8-9,11H2. The molecule has 0 aliphatic carbocycles. The van der Waals surface area contributed by atoms with Crippen molar-refractivity contribution in [2.75, 3.05) is 6.61 Å². The van der Waals surface area contributed by atoms with Crippen molar-refractivity contribution in [1.29, 1.82) is 0 Å². The zero-order valence-corrected chi connectivity index (χ0v) is 10.3. The Morgan fingerprint density at radius 1 is 1.12 bits per heavy atom. The Labute approximate surface area is 105 Å². The van der Waals surface area contributed by atoms with Crippen molar-refractivity contribution in [1.82, 2.24) is 0 Å². The number of carbonyl (C=O) groups excluding carboxylic acids is 1. The van der Waals surface area contributed by atoms with Crippen LogP contribution in [0.3, 0.4) is 0 Å². The summed E-state index contributed by atoms with van der Waals surface area (Å²) >= 11 is 1.58. The molecule has 2 rings (SSSR count). The Bertz CT molecular complexity index is 448. The van der Waals surface area contributed by atoms with E-state index in [9.17, 15) is 4.79 Å². The maximum Gasteiger partial charge on any atom is 0.311 e. The number of carbonyl (C=O) groups is 1. The first-order valence-electron chi connectivity index (χ1n) is 5.56. The highest BCUT2D eigenvalue weighted by Crippen LogP contribution is 2.09. The van der Waals surface area contributed by atoms with E-state index in [1.807, 2.05) is 47.8 Å². The van der Waals surface area contributed by atoms with Gasteiger partial charge < -0.3 is 4.74 Å². The number of hydrogen-bond donors (Lipinski definition) is 0. The van der Waals surface area contributed by atoms with E-state index in [0.717, 1.165) is 11.3 Å². The zero-order chi connectivity index (χ0) is 11.9. The van der Waals surface area contributed by atoms with Gasteiger partial charge in [0, 0.05) is 11.3 Å². The van der Waals surface area contributed by atoms with Crippen LogP contribution in [0.1, 0.15) is 10.4 Å². The van der Waals surface area contributed by atoms with Gasteiger partial charge in [-0.05, 0) is 17.0 Å². The maximum atomic E-state index is 11.5. The molecule has 0 bridgehead atoms. The molecule has 0 aliphatic heterocycles. The highest BCUT2D eigenvalue weighted by atomic mass is 32.1.